The van der Waals surface area contributed by atoms with E-state index in [1.807, 2.05) is 13.8 Å². The molecule has 0 aromatic rings. The summed E-state index contributed by atoms with van der Waals surface area (Å²) in [5.41, 5.74) is 4.89. The van der Waals surface area contributed by atoms with Crippen LogP contribution in [0.3, 0.4) is 0 Å². The topological polar surface area (TPSA) is 72.6 Å². The van der Waals surface area contributed by atoms with Crippen molar-refractivity contribution in [2.75, 3.05) is 13.7 Å². The minimum Gasteiger partial charge on any atom is -0.468 e. The van der Waals surface area contributed by atoms with E-state index in [1.165, 1.54) is 12.0 Å². The van der Waals surface area contributed by atoms with Crippen LogP contribution in [0, 0.1) is 5.41 Å². The Morgan fingerprint density at radius 1 is 1.47 bits per heavy atom. The van der Waals surface area contributed by atoms with Crippen LogP contribution in [-0.4, -0.2) is 41.5 Å². The number of carbonyl (C=O) groups is 2. The maximum Gasteiger partial charge on any atom is 0.325 e. The fourth-order valence-electron chi connectivity index (χ4n) is 1.66. The molecule has 0 saturated heterocycles. The van der Waals surface area contributed by atoms with E-state index in [0.717, 1.165) is 0 Å². The van der Waals surface area contributed by atoms with E-state index >= 15 is 0 Å². The van der Waals surface area contributed by atoms with Crippen molar-refractivity contribution in [2.24, 2.45) is 11.1 Å². The van der Waals surface area contributed by atoms with Gasteiger partial charge in [-0.3, -0.25) is 9.59 Å². The molecule has 0 unspecified atom stereocenters. The fraction of sp³-hybridized carbons (Fsp3) is 0.727. The highest BCUT2D eigenvalue weighted by Crippen LogP contribution is 2.47. The van der Waals surface area contributed by atoms with E-state index in [2.05, 4.69) is 4.74 Å². The average Bonchev–Trinajstić information content (AvgIpc) is 3.05. The van der Waals surface area contributed by atoms with Crippen LogP contribution < -0.4 is 5.73 Å². The van der Waals surface area contributed by atoms with Crippen LogP contribution in [0.2, 0.25) is 0 Å². The summed E-state index contributed by atoms with van der Waals surface area (Å²) in [6.45, 7) is 3.63. The van der Waals surface area contributed by atoms with Crippen molar-refractivity contribution in [3.8, 4) is 0 Å². The molecule has 1 aliphatic rings. The van der Waals surface area contributed by atoms with Crippen LogP contribution in [0.4, 0.5) is 0 Å². The summed E-state index contributed by atoms with van der Waals surface area (Å²) in [5.74, 6) is -0.601. The number of nitrogens with zero attached hydrogens (tertiary/aromatic N) is 1. The summed E-state index contributed by atoms with van der Waals surface area (Å²) in [4.78, 5) is 25.3. The summed E-state index contributed by atoms with van der Waals surface area (Å²) in [5, 5.41) is 0. The van der Waals surface area contributed by atoms with Crippen LogP contribution in [0.15, 0.2) is 0 Å². The standard InChI is InChI=1S/C11H18N2O3S/c1-7(2)13(6-8(14)16-3)10(15)11(4-5-11)9(12)17/h7H,4-6H2,1-3H3,(H2,12,17). The lowest BCUT2D eigenvalue weighted by Gasteiger charge is -2.29. The summed E-state index contributed by atoms with van der Waals surface area (Å²) in [7, 11) is 1.30. The Hall–Kier alpha value is -1.17. The third kappa shape index (κ3) is 2.74. The van der Waals surface area contributed by atoms with Gasteiger partial charge in [-0.05, 0) is 26.7 Å². The number of rotatable bonds is 5. The van der Waals surface area contributed by atoms with Crippen molar-refractivity contribution in [2.45, 2.75) is 32.7 Å². The number of nitrogens with two attached hydrogens (primary N) is 1. The largest absolute Gasteiger partial charge is 0.468 e. The minimum absolute atomic E-state index is 0.0582. The Morgan fingerprint density at radius 3 is 2.29 bits per heavy atom. The second-order valence-electron chi connectivity index (χ2n) is 4.55. The number of methoxy groups -OCH3 is 1. The smallest absolute Gasteiger partial charge is 0.325 e. The van der Waals surface area contributed by atoms with Crippen LogP contribution in [0.25, 0.3) is 0 Å². The van der Waals surface area contributed by atoms with Gasteiger partial charge >= 0.3 is 5.97 Å². The predicted octanol–water partition coefficient (Wildman–Crippen LogP) is 0.463. The Kier molecular flexibility index (Phi) is 4.08. The SMILES string of the molecule is COC(=O)CN(C(=O)C1(C(N)=S)CC1)C(C)C. The first-order chi connectivity index (χ1) is 7.85. The van der Waals surface area contributed by atoms with Gasteiger partial charge in [0.15, 0.2) is 0 Å². The van der Waals surface area contributed by atoms with Gasteiger partial charge in [0.1, 0.15) is 6.54 Å². The van der Waals surface area contributed by atoms with Gasteiger partial charge in [-0.15, -0.1) is 0 Å². The second kappa shape index (κ2) is 5.00. The molecule has 96 valence electrons. The zero-order valence-corrected chi connectivity index (χ0v) is 11.2. The number of hydrogen-bond acceptors (Lipinski definition) is 4. The fourth-order valence-corrected chi connectivity index (χ4v) is 1.95. The molecule has 0 atom stereocenters. The van der Waals surface area contributed by atoms with Gasteiger partial charge in [0, 0.05) is 6.04 Å². The molecule has 0 aromatic carbocycles. The molecule has 5 nitrogen and oxygen atoms in total. The third-order valence-electron chi connectivity index (χ3n) is 3.04. The zero-order chi connectivity index (χ0) is 13.2. The minimum atomic E-state index is -0.715. The van der Waals surface area contributed by atoms with Gasteiger partial charge in [0.25, 0.3) is 0 Å². The Bertz CT molecular complexity index is 351. The first-order valence-electron chi connectivity index (χ1n) is 5.53. The van der Waals surface area contributed by atoms with Crippen molar-refractivity contribution in [3.05, 3.63) is 0 Å². The molecular formula is C11H18N2O3S. The lowest BCUT2D eigenvalue weighted by Crippen LogP contribution is -2.48. The maximum absolute atomic E-state index is 12.3. The molecule has 0 bridgehead atoms. The normalized spacial score (nSPS) is 16.5. The Balaban J connectivity index is 2.82. The highest BCUT2D eigenvalue weighted by Gasteiger charge is 2.54. The number of ether oxygens (including phenoxy) is 1. The molecule has 17 heavy (non-hydrogen) atoms. The molecular weight excluding hydrogens is 240 g/mol. The molecule has 0 heterocycles. The van der Waals surface area contributed by atoms with Gasteiger partial charge in [-0.25, -0.2) is 0 Å². The van der Waals surface area contributed by atoms with E-state index in [0.29, 0.717) is 12.8 Å². The third-order valence-corrected chi connectivity index (χ3v) is 3.43. The van der Waals surface area contributed by atoms with Crippen molar-refractivity contribution < 1.29 is 14.3 Å². The van der Waals surface area contributed by atoms with Gasteiger partial charge in [0.2, 0.25) is 5.91 Å². The monoisotopic (exact) mass is 258 g/mol. The summed E-state index contributed by atoms with van der Waals surface area (Å²) < 4.78 is 4.58. The maximum atomic E-state index is 12.3. The van der Waals surface area contributed by atoms with Crippen LogP contribution in [0.5, 0.6) is 0 Å². The molecule has 0 aliphatic heterocycles. The summed E-state index contributed by atoms with van der Waals surface area (Å²) in [6.07, 6.45) is 1.34. The number of carbonyl (C=O) groups excluding carboxylic acids is 2. The van der Waals surface area contributed by atoms with Gasteiger partial charge < -0.3 is 15.4 Å². The van der Waals surface area contributed by atoms with Crippen LogP contribution >= 0.6 is 12.2 Å². The summed E-state index contributed by atoms with van der Waals surface area (Å²) in [6, 6.07) is -0.0894. The molecule has 1 aliphatic carbocycles. The Morgan fingerprint density at radius 2 is 2.00 bits per heavy atom. The summed E-state index contributed by atoms with van der Waals surface area (Å²) >= 11 is 4.93. The molecule has 6 heteroatoms. The predicted molar refractivity (Wildman–Crippen MR) is 67.3 cm³/mol. The quantitative estimate of drug-likeness (QED) is 0.573. The van der Waals surface area contributed by atoms with E-state index in [-0.39, 0.29) is 23.5 Å². The highest BCUT2D eigenvalue weighted by atomic mass is 32.1. The number of thiocarbonyl (C=S) groups is 1. The number of esters is 1. The first-order valence-corrected chi connectivity index (χ1v) is 5.94. The zero-order valence-electron chi connectivity index (χ0n) is 10.4. The van der Waals surface area contributed by atoms with E-state index in [4.69, 9.17) is 18.0 Å². The van der Waals surface area contributed by atoms with Crippen molar-refractivity contribution >= 4 is 29.1 Å². The van der Waals surface area contributed by atoms with E-state index < -0.39 is 11.4 Å². The van der Waals surface area contributed by atoms with Crippen LogP contribution in [-0.2, 0) is 14.3 Å². The van der Waals surface area contributed by atoms with E-state index in [9.17, 15) is 9.59 Å². The number of hydrogen-bond donors (Lipinski definition) is 1. The molecule has 1 saturated carbocycles. The molecule has 0 spiro atoms. The Labute approximate surface area is 106 Å². The van der Waals surface area contributed by atoms with E-state index in [1.54, 1.807) is 0 Å². The van der Waals surface area contributed by atoms with Crippen LogP contribution in [0.1, 0.15) is 26.7 Å². The van der Waals surface area contributed by atoms with Crippen molar-refractivity contribution in [1.82, 2.24) is 4.90 Å². The first kappa shape index (κ1) is 13.9. The molecule has 0 aromatic heterocycles. The lowest BCUT2D eigenvalue weighted by atomic mass is 10.0. The van der Waals surface area contributed by atoms with Gasteiger partial charge in [0.05, 0.1) is 17.5 Å². The van der Waals surface area contributed by atoms with Gasteiger partial charge in [-0.1, -0.05) is 12.2 Å². The van der Waals surface area contributed by atoms with Crippen molar-refractivity contribution in [3.63, 3.8) is 0 Å². The molecule has 1 amide bonds. The average molecular weight is 258 g/mol. The van der Waals surface area contributed by atoms with Crippen molar-refractivity contribution in [1.29, 1.82) is 0 Å². The lowest BCUT2D eigenvalue weighted by molar-refractivity contribution is -0.149. The highest BCUT2D eigenvalue weighted by molar-refractivity contribution is 7.80. The van der Waals surface area contributed by atoms with Gasteiger partial charge in [-0.2, -0.15) is 0 Å². The molecule has 1 fully saturated rings. The number of amides is 1. The molecule has 0 radical (unpaired) electrons. The second-order valence-corrected chi connectivity index (χ2v) is 4.99. The molecule has 1 rings (SSSR count). The molecule has 2 N–H and O–H groups in total.